The minimum Gasteiger partial charge on any atom is -0.313 e. The van der Waals surface area contributed by atoms with Gasteiger partial charge in [-0.25, -0.2) is 0 Å². The van der Waals surface area contributed by atoms with E-state index < -0.39 is 0 Å². The van der Waals surface area contributed by atoms with Crippen LogP contribution in [0.3, 0.4) is 0 Å². The van der Waals surface area contributed by atoms with Crippen LogP contribution in [-0.4, -0.2) is 37.1 Å². The zero-order valence-corrected chi connectivity index (χ0v) is 11.3. The smallest absolute Gasteiger partial charge is 0.00922 e. The quantitative estimate of drug-likeness (QED) is 0.790. The molecular formula is C14H28N2. The summed E-state index contributed by atoms with van der Waals surface area (Å²) in [7, 11) is 2.32. The number of nitrogens with zero attached hydrogens (tertiary/aromatic N) is 1. The van der Waals surface area contributed by atoms with E-state index in [4.69, 9.17) is 0 Å². The molecule has 2 aliphatic rings. The maximum atomic E-state index is 3.67. The number of hydrogen-bond donors (Lipinski definition) is 1. The summed E-state index contributed by atoms with van der Waals surface area (Å²) in [5.41, 5.74) is 0.524. The van der Waals surface area contributed by atoms with Crippen LogP contribution in [0, 0.1) is 5.41 Å². The summed E-state index contributed by atoms with van der Waals surface area (Å²) in [4.78, 5) is 2.60. The van der Waals surface area contributed by atoms with Gasteiger partial charge in [0.25, 0.3) is 0 Å². The van der Waals surface area contributed by atoms with Crippen molar-refractivity contribution in [3.63, 3.8) is 0 Å². The Morgan fingerprint density at radius 3 is 2.50 bits per heavy atom. The molecule has 0 radical (unpaired) electrons. The Balaban J connectivity index is 1.67. The van der Waals surface area contributed by atoms with E-state index in [1.165, 1.54) is 51.6 Å². The molecule has 1 heterocycles. The normalized spacial score (nSPS) is 30.4. The summed E-state index contributed by atoms with van der Waals surface area (Å²) in [6.07, 6.45) is 8.44. The van der Waals surface area contributed by atoms with Crippen LogP contribution in [0.2, 0.25) is 0 Å². The Hall–Kier alpha value is -0.0800. The van der Waals surface area contributed by atoms with Crippen molar-refractivity contribution in [3.05, 3.63) is 0 Å². The summed E-state index contributed by atoms with van der Waals surface area (Å²) in [5, 5.41) is 3.67. The first-order chi connectivity index (χ1) is 7.57. The van der Waals surface area contributed by atoms with Gasteiger partial charge in [-0.3, -0.25) is 0 Å². The average Bonchev–Trinajstić information content (AvgIpc) is 2.83. The lowest BCUT2D eigenvalue weighted by Gasteiger charge is -2.25. The minimum atomic E-state index is 0.524. The first-order valence-electron chi connectivity index (χ1n) is 7.00. The number of rotatable bonds is 4. The molecule has 0 spiro atoms. The molecule has 16 heavy (non-hydrogen) atoms. The first-order valence-corrected chi connectivity index (χ1v) is 7.00. The molecule has 1 saturated heterocycles. The molecule has 1 saturated carbocycles. The van der Waals surface area contributed by atoms with Gasteiger partial charge in [-0.15, -0.1) is 0 Å². The monoisotopic (exact) mass is 224 g/mol. The van der Waals surface area contributed by atoms with Gasteiger partial charge in [0.2, 0.25) is 0 Å². The van der Waals surface area contributed by atoms with Crippen molar-refractivity contribution in [3.8, 4) is 0 Å². The van der Waals surface area contributed by atoms with Gasteiger partial charge in [0.15, 0.2) is 0 Å². The van der Waals surface area contributed by atoms with E-state index in [2.05, 4.69) is 31.1 Å². The first kappa shape index (κ1) is 12.4. The van der Waals surface area contributed by atoms with Gasteiger partial charge in [0.1, 0.15) is 0 Å². The van der Waals surface area contributed by atoms with Gasteiger partial charge in [-0.1, -0.05) is 26.7 Å². The summed E-state index contributed by atoms with van der Waals surface area (Å²) in [6, 6.07) is 1.65. The van der Waals surface area contributed by atoms with Gasteiger partial charge in [0.05, 0.1) is 0 Å². The summed E-state index contributed by atoms with van der Waals surface area (Å²) in [5.74, 6) is 0. The summed E-state index contributed by atoms with van der Waals surface area (Å²) >= 11 is 0. The van der Waals surface area contributed by atoms with Crippen LogP contribution in [0.4, 0.5) is 0 Å². The molecule has 2 heteroatoms. The fraction of sp³-hybridized carbons (Fsp3) is 1.00. The zero-order valence-electron chi connectivity index (χ0n) is 11.3. The molecule has 0 amide bonds. The third kappa shape index (κ3) is 3.21. The fourth-order valence-corrected chi connectivity index (χ4v) is 3.32. The number of nitrogens with one attached hydrogen (secondary N) is 1. The number of hydrogen-bond acceptors (Lipinski definition) is 2. The summed E-state index contributed by atoms with van der Waals surface area (Å²) in [6.45, 7) is 7.23. The molecule has 1 aliphatic carbocycles. The van der Waals surface area contributed by atoms with Crippen molar-refractivity contribution >= 4 is 0 Å². The Labute approximate surface area is 101 Å². The Morgan fingerprint density at radius 1 is 1.25 bits per heavy atom. The van der Waals surface area contributed by atoms with Gasteiger partial charge in [0, 0.05) is 18.6 Å². The van der Waals surface area contributed by atoms with E-state index in [9.17, 15) is 0 Å². The van der Waals surface area contributed by atoms with Crippen molar-refractivity contribution in [2.24, 2.45) is 5.41 Å². The lowest BCUT2D eigenvalue weighted by atomic mass is 9.90. The second-order valence-corrected chi connectivity index (χ2v) is 6.65. The van der Waals surface area contributed by atoms with Crippen LogP contribution in [-0.2, 0) is 0 Å². The van der Waals surface area contributed by atoms with Crippen LogP contribution in [0.25, 0.3) is 0 Å². The highest BCUT2D eigenvalue weighted by Gasteiger charge is 2.30. The summed E-state index contributed by atoms with van der Waals surface area (Å²) < 4.78 is 0. The predicted molar refractivity (Wildman–Crippen MR) is 69.7 cm³/mol. The Morgan fingerprint density at radius 2 is 1.94 bits per heavy atom. The average molecular weight is 224 g/mol. The lowest BCUT2D eigenvalue weighted by molar-refractivity contribution is 0.232. The minimum absolute atomic E-state index is 0.524. The van der Waals surface area contributed by atoms with Crippen molar-refractivity contribution < 1.29 is 0 Å². The van der Waals surface area contributed by atoms with Crippen molar-refractivity contribution in [2.75, 3.05) is 20.1 Å². The van der Waals surface area contributed by atoms with Crippen molar-refractivity contribution in [1.29, 1.82) is 0 Å². The van der Waals surface area contributed by atoms with Gasteiger partial charge < -0.3 is 10.2 Å². The fourth-order valence-electron chi connectivity index (χ4n) is 3.32. The third-order valence-electron chi connectivity index (χ3n) is 4.45. The molecule has 0 aromatic rings. The maximum absolute atomic E-state index is 3.67. The molecule has 0 aromatic heterocycles. The second kappa shape index (κ2) is 5.05. The Kier molecular flexibility index (Phi) is 3.91. The van der Waals surface area contributed by atoms with Crippen LogP contribution in [0.15, 0.2) is 0 Å². The van der Waals surface area contributed by atoms with Crippen LogP contribution < -0.4 is 5.32 Å². The van der Waals surface area contributed by atoms with E-state index in [-0.39, 0.29) is 0 Å². The van der Waals surface area contributed by atoms with Crippen LogP contribution in [0.5, 0.6) is 0 Å². The van der Waals surface area contributed by atoms with E-state index in [1.54, 1.807) is 0 Å². The molecule has 0 bridgehead atoms. The van der Waals surface area contributed by atoms with Gasteiger partial charge in [-0.05, 0) is 44.7 Å². The van der Waals surface area contributed by atoms with Crippen molar-refractivity contribution in [1.82, 2.24) is 10.2 Å². The molecule has 94 valence electrons. The lowest BCUT2D eigenvalue weighted by Crippen LogP contribution is -2.33. The van der Waals surface area contributed by atoms with E-state index in [0.29, 0.717) is 5.41 Å². The highest BCUT2D eigenvalue weighted by molar-refractivity contribution is 4.88. The van der Waals surface area contributed by atoms with Crippen LogP contribution >= 0.6 is 0 Å². The van der Waals surface area contributed by atoms with E-state index >= 15 is 0 Å². The molecule has 1 unspecified atom stereocenters. The topological polar surface area (TPSA) is 15.3 Å². The van der Waals surface area contributed by atoms with E-state index in [0.717, 1.165) is 12.1 Å². The van der Waals surface area contributed by atoms with Gasteiger partial charge in [-0.2, -0.15) is 0 Å². The zero-order chi connectivity index (χ0) is 11.6. The molecule has 0 aromatic carbocycles. The second-order valence-electron chi connectivity index (χ2n) is 6.65. The maximum Gasteiger partial charge on any atom is 0.00922 e. The molecule has 2 nitrogen and oxygen atoms in total. The molecule has 1 aliphatic heterocycles. The molecule has 1 N–H and O–H groups in total. The molecule has 1 atom stereocenters. The highest BCUT2D eigenvalue weighted by atomic mass is 15.1. The van der Waals surface area contributed by atoms with E-state index in [1.807, 2.05) is 0 Å². The highest BCUT2D eigenvalue weighted by Crippen LogP contribution is 2.29. The Bertz CT molecular complexity index is 217. The standard InChI is InChI=1S/C14H28N2/c1-14(2)10-12(15-11-14)8-9-16(3)13-6-4-5-7-13/h12-13,15H,4-11H2,1-3H3. The molecular weight excluding hydrogens is 196 g/mol. The third-order valence-corrected chi connectivity index (χ3v) is 4.45. The SMILES string of the molecule is CN(CCC1CC(C)(C)CN1)C1CCCC1. The van der Waals surface area contributed by atoms with Gasteiger partial charge >= 0.3 is 0 Å². The molecule has 2 fully saturated rings. The largest absolute Gasteiger partial charge is 0.313 e. The van der Waals surface area contributed by atoms with Crippen LogP contribution in [0.1, 0.15) is 52.4 Å². The van der Waals surface area contributed by atoms with Crippen molar-refractivity contribution in [2.45, 2.75) is 64.5 Å². The predicted octanol–water partition coefficient (Wildman–Crippen LogP) is 2.64. The molecule has 2 rings (SSSR count).